The third kappa shape index (κ3) is 1.57. The normalized spacial score (nSPS) is 19.3. The number of hydrogen-bond donors (Lipinski definition) is 0. The fourth-order valence-corrected chi connectivity index (χ4v) is 1.06. The van der Waals surface area contributed by atoms with Crippen molar-refractivity contribution in [1.29, 1.82) is 0 Å². The number of rotatable bonds is 1. The van der Waals surface area contributed by atoms with E-state index in [0.717, 1.165) is 5.76 Å². The van der Waals surface area contributed by atoms with Gasteiger partial charge in [-0.2, -0.15) is 0 Å². The first-order chi connectivity index (χ1) is 5.97. The van der Waals surface area contributed by atoms with Gasteiger partial charge in [-0.05, 0) is 12.1 Å². The second kappa shape index (κ2) is 3.56. The van der Waals surface area contributed by atoms with E-state index in [1.54, 1.807) is 6.26 Å². The van der Waals surface area contributed by atoms with Gasteiger partial charge in [0.05, 0.1) is 19.5 Å². The maximum Gasteiger partial charge on any atom is 0.217 e. The Labute approximate surface area is 70.6 Å². The summed E-state index contributed by atoms with van der Waals surface area (Å²) in [7, 11) is 0. The van der Waals surface area contributed by atoms with Gasteiger partial charge < -0.3 is 13.9 Å². The van der Waals surface area contributed by atoms with E-state index in [1.165, 1.54) is 0 Å². The van der Waals surface area contributed by atoms with Gasteiger partial charge in [-0.3, -0.25) is 0 Å². The van der Waals surface area contributed by atoms with Gasteiger partial charge in [0.2, 0.25) is 6.29 Å². The Morgan fingerprint density at radius 2 is 1.92 bits per heavy atom. The molecule has 0 saturated heterocycles. The summed E-state index contributed by atoms with van der Waals surface area (Å²) in [6, 6.07) is 3.66. The smallest absolute Gasteiger partial charge is 0.217 e. The molecule has 12 heavy (non-hydrogen) atoms. The first kappa shape index (κ1) is 7.58. The summed E-state index contributed by atoms with van der Waals surface area (Å²) in [5, 5.41) is 0. The van der Waals surface area contributed by atoms with Crippen molar-refractivity contribution in [2.45, 2.75) is 6.29 Å². The maximum absolute atomic E-state index is 5.34. The summed E-state index contributed by atoms with van der Waals surface area (Å²) in [6.07, 6.45) is 5.13. The van der Waals surface area contributed by atoms with Crippen LogP contribution in [0.5, 0.6) is 0 Å². The van der Waals surface area contributed by atoms with E-state index in [2.05, 4.69) is 0 Å². The standard InChI is InChI=1S/C9H10O3/c1-2-6-12-9(11-5-1)8-4-3-7-10-8/h1-4,7,9H,5-6H2. The van der Waals surface area contributed by atoms with E-state index in [0.29, 0.717) is 13.2 Å². The molecule has 1 aromatic heterocycles. The third-order valence-corrected chi connectivity index (χ3v) is 1.63. The van der Waals surface area contributed by atoms with Gasteiger partial charge in [0.15, 0.2) is 5.76 Å². The molecule has 0 unspecified atom stereocenters. The van der Waals surface area contributed by atoms with E-state index in [9.17, 15) is 0 Å². The highest BCUT2D eigenvalue weighted by Crippen LogP contribution is 2.20. The van der Waals surface area contributed by atoms with E-state index >= 15 is 0 Å². The molecule has 0 saturated carbocycles. The van der Waals surface area contributed by atoms with Crippen LogP contribution in [0.15, 0.2) is 35.0 Å². The van der Waals surface area contributed by atoms with Gasteiger partial charge in [0.25, 0.3) is 0 Å². The molecular weight excluding hydrogens is 156 g/mol. The van der Waals surface area contributed by atoms with Gasteiger partial charge in [0, 0.05) is 0 Å². The minimum absolute atomic E-state index is 0.352. The molecule has 0 spiro atoms. The number of hydrogen-bond acceptors (Lipinski definition) is 3. The molecule has 0 bridgehead atoms. The minimum atomic E-state index is -0.352. The fourth-order valence-electron chi connectivity index (χ4n) is 1.06. The summed E-state index contributed by atoms with van der Waals surface area (Å²) in [4.78, 5) is 0. The molecule has 64 valence electrons. The zero-order valence-electron chi connectivity index (χ0n) is 6.60. The van der Waals surface area contributed by atoms with Gasteiger partial charge in [-0.15, -0.1) is 0 Å². The first-order valence-corrected chi connectivity index (χ1v) is 3.88. The molecule has 3 heteroatoms. The average molecular weight is 166 g/mol. The summed E-state index contributed by atoms with van der Waals surface area (Å²) in [5.74, 6) is 0.721. The van der Waals surface area contributed by atoms with Crippen LogP contribution in [0.1, 0.15) is 12.1 Å². The summed E-state index contributed by atoms with van der Waals surface area (Å²) in [6.45, 7) is 1.15. The lowest BCUT2D eigenvalue weighted by Crippen LogP contribution is -2.05. The third-order valence-electron chi connectivity index (χ3n) is 1.63. The van der Waals surface area contributed by atoms with Crippen LogP contribution in [-0.2, 0) is 9.47 Å². The Hall–Kier alpha value is -1.06. The van der Waals surface area contributed by atoms with Crippen molar-refractivity contribution in [2.75, 3.05) is 13.2 Å². The number of ether oxygens (including phenoxy) is 2. The lowest BCUT2D eigenvalue weighted by atomic mass is 10.4. The highest BCUT2D eigenvalue weighted by atomic mass is 16.7. The van der Waals surface area contributed by atoms with Crippen LogP contribution in [0.2, 0.25) is 0 Å². The lowest BCUT2D eigenvalue weighted by Gasteiger charge is -2.11. The van der Waals surface area contributed by atoms with Gasteiger partial charge in [-0.1, -0.05) is 12.2 Å². The van der Waals surface area contributed by atoms with Crippen molar-refractivity contribution >= 4 is 0 Å². The predicted molar refractivity (Wildman–Crippen MR) is 42.5 cm³/mol. The molecule has 1 aliphatic heterocycles. The van der Waals surface area contributed by atoms with E-state index in [4.69, 9.17) is 13.9 Å². The molecule has 0 amide bonds. The Balaban J connectivity index is 2.05. The van der Waals surface area contributed by atoms with Crippen LogP contribution in [0, 0.1) is 0 Å². The fraction of sp³-hybridized carbons (Fsp3) is 0.333. The number of furan rings is 1. The van der Waals surface area contributed by atoms with Crippen molar-refractivity contribution < 1.29 is 13.9 Å². The van der Waals surface area contributed by atoms with Crippen molar-refractivity contribution in [1.82, 2.24) is 0 Å². The largest absolute Gasteiger partial charge is 0.464 e. The lowest BCUT2D eigenvalue weighted by molar-refractivity contribution is -0.136. The second-order valence-corrected chi connectivity index (χ2v) is 2.49. The Morgan fingerprint density at radius 1 is 1.17 bits per heavy atom. The van der Waals surface area contributed by atoms with Crippen molar-refractivity contribution in [3.63, 3.8) is 0 Å². The van der Waals surface area contributed by atoms with Gasteiger partial charge >= 0.3 is 0 Å². The first-order valence-electron chi connectivity index (χ1n) is 3.88. The predicted octanol–water partition coefficient (Wildman–Crippen LogP) is 1.88. The molecule has 0 fully saturated rings. The molecule has 0 atom stereocenters. The topological polar surface area (TPSA) is 31.6 Å². The van der Waals surface area contributed by atoms with Crippen LogP contribution < -0.4 is 0 Å². The summed E-state index contributed by atoms with van der Waals surface area (Å²) in [5.41, 5.74) is 0. The second-order valence-electron chi connectivity index (χ2n) is 2.49. The molecule has 3 nitrogen and oxygen atoms in total. The van der Waals surface area contributed by atoms with Crippen LogP contribution in [0.3, 0.4) is 0 Å². The summed E-state index contributed by atoms with van der Waals surface area (Å²) >= 11 is 0. The highest BCUT2D eigenvalue weighted by Gasteiger charge is 2.15. The minimum Gasteiger partial charge on any atom is -0.464 e. The molecule has 0 aliphatic carbocycles. The molecule has 0 N–H and O–H groups in total. The molecule has 2 rings (SSSR count). The average Bonchev–Trinajstić information content (AvgIpc) is 2.48. The van der Waals surface area contributed by atoms with Crippen LogP contribution >= 0.6 is 0 Å². The Morgan fingerprint density at radius 3 is 2.50 bits per heavy atom. The van der Waals surface area contributed by atoms with Crippen molar-refractivity contribution in [3.05, 3.63) is 36.3 Å². The van der Waals surface area contributed by atoms with Gasteiger partial charge in [-0.25, -0.2) is 0 Å². The molecular formula is C9H10O3. The molecule has 1 aromatic rings. The molecule has 2 heterocycles. The van der Waals surface area contributed by atoms with Crippen LogP contribution in [-0.4, -0.2) is 13.2 Å². The van der Waals surface area contributed by atoms with Crippen LogP contribution in [0.4, 0.5) is 0 Å². The van der Waals surface area contributed by atoms with Crippen LogP contribution in [0.25, 0.3) is 0 Å². The van der Waals surface area contributed by atoms with E-state index in [-0.39, 0.29) is 6.29 Å². The monoisotopic (exact) mass is 166 g/mol. The molecule has 0 aromatic carbocycles. The Kier molecular flexibility index (Phi) is 2.25. The van der Waals surface area contributed by atoms with Gasteiger partial charge in [0.1, 0.15) is 0 Å². The SMILES string of the molecule is C1=CCOC(c2ccco2)OC1. The zero-order valence-corrected chi connectivity index (χ0v) is 6.60. The maximum atomic E-state index is 5.34. The highest BCUT2D eigenvalue weighted by molar-refractivity contribution is 5.00. The summed E-state index contributed by atoms with van der Waals surface area (Å²) < 4.78 is 15.8. The Bertz CT molecular complexity index is 241. The zero-order chi connectivity index (χ0) is 8.23. The molecule has 1 aliphatic rings. The van der Waals surface area contributed by atoms with E-state index in [1.807, 2.05) is 24.3 Å². The van der Waals surface area contributed by atoms with Crippen molar-refractivity contribution in [2.24, 2.45) is 0 Å². The van der Waals surface area contributed by atoms with Crippen molar-refractivity contribution in [3.8, 4) is 0 Å². The van der Waals surface area contributed by atoms with E-state index < -0.39 is 0 Å². The molecule has 0 radical (unpaired) electrons. The quantitative estimate of drug-likeness (QED) is 0.597.